The maximum Gasteiger partial charge on any atom is 0.315 e. The van der Waals surface area contributed by atoms with E-state index in [0.717, 1.165) is 5.75 Å². The van der Waals surface area contributed by atoms with Gasteiger partial charge in [0.1, 0.15) is 0 Å². The fourth-order valence-corrected chi connectivity index (χ4v) is 3.35. The van der Waals surface area contributed by atoms with E-state index < -0.39 is 0 Å². The third-order valence-corrected chi connectivity index (χ3v) is 5.03. The molecule has 0 saturated heterocycles. The highest BCUT2D eigenvalue weighted by Gasteiger charge is 2.22. The second kappa shape index (κ2) is 8.54. The smallest absolute Gasteiger partial charge is 0.315 e. The van der Waals surface area contributed by atoms with Crippen molar-refractivity contribution in [1.82, 2.24) is 10.6 Å². The van der Waals surface area contributed by atoms with E-state index in [0.29, 0.717) is 13.0 Å². The average Bonchev–Trinajstić information content (AvgIpc) is 2.92. The molecule has 1 unspecified atom stereocenters. The molecule has 0 fully saturated rings. The van der Waals surface area contributed by atoms with Crippen LogP contribution < -0.4 is 10.6 Å². The minimum absolute atomic E-state index is 0.0138. The van der Waals surface area contributed by atoms with E-state index in [-0.39, 0.29) is 24.1 Å². The largest absolute Gasteiger partial charge is 0.396 e. The molecule has 1 atom stereocenters. The summed E-state index contributed by atoms with van der Waals surface area (Å²) in [6.07, 6.45) is 2.58. The van der Waals surface area contributed by atoms with Crippen LogP contribution in [-0.4, -0.2) is 42.3 Å². The van der Waals surface area contributed by atoms with Crippen molar-refractivity contribution in [2.45, 2.75) is 31.7 Å². The molecule has 4 nitrogen and oxygen atoms in total. The molecule has 0 aliphatic heterocycles. The number of urea groups is 1. The fourth-order valence-electron chi connectivity index (χ4n) is 1.84. The summed E-state index contributed by atoms with van der Waals surface area (Å²) < 4.78 is 0. The van der Waals surface area contributed by atoms with E-state index in [2.05, 4.69) is 30.5 Å². The van der Waals surface area contributed by atoms with Gasteiger partial charge in [0.2, 0.25) is 0 Å². The van der Waals surface area contributed by atoms with Gasteiger partial charge in [0, 0.05) is 35.2 Å². The van der Waals surface area contributed by atoms with Crippen LogP contribution in [0.3, 0.4) is 0 Å². The SMILES string of the molecule is CSCC(CCO)NC(=O)NCC(C)(C)c1cccs1. The van der Waals surface area contributed by atoms with Crippen molar-refractivity contribution < 1.29 is 9.90 Å². The maximum absolute atomic E-state index is 11.9. The molecule has 2 amide bonds. The highest BCUT2D eigenvalue weighted by atomic mass is 32.2. The number of aliphatic hydroxyl groups is 1. The minimum Gasteiger partial charge on any atom is -0.396 e. The average molecular weight is 316 g/mol. The molecule has 0 spiro atoms. The fraction of sp³-hybridized carbons (Fsp3) is 0.643. The molecule has 1 aromatic rings. The molecule has 0 aliphatic rings. The van der Waals surface area contributed by atoms with Crippen LogP contribution in [0.4, 0.5) is 4.79 Å². The lowest BCUT2D eigenvalue weighted by Crippen LogP contribution is -2.47. The number of hydrogen-bond acceptors (Lipinski definition) is 4. The predicted octanol–water partition coefficient (Wildman–Crippen LogP) is 2.44. The van der Waals surface area contributed by atoms with Gasteiger partial charge in [-0.1, -0.05) is 19.9 Å². The first-order chi connectivity index (χ1) is 9.49. The van der Waals surface area contributed by atoms with Gasteiger partial charge in [-0.2, -0.15) is 11.8 Å². The summed E-state index contributed by atoms with van der Waals surface area (Å²) >= 11 is 3.36. The number of aliphatic hydroxyl groups excluding tert-OH is 1. The van der Waals surface area contributed by atoms with Crippen molar-refractivity contribution in [2.75, 3.05) is 25.2 Å². The monoisotopic (exact) mass is 316 g/mol. The van der Waals surface area contributed by atoms with Crippen molar-refractivity contribution in [2.24, 2.45) is 0 Å². The lowest BCUT2D eigenvalue weighted by molar-refractivity contribution is 0.229. The molecule has 1 rings (SSSR count). The van der Waals surface area contributed by atoms with Crippen LogP contribution in [0, 0.1) is 0 Å². The second-order valence-corrected chi connectivity index (χ2v) is 7.21. The van der Waals surface area contributed by atoms with E-state index in [1.54, 1.807) is 23.1 Å². The quantitative estimate of drug-likeness (QED) is 0.690. The normalized spacial score (nSPS) is 13.0. The van der Waals surface area contributed by atoms with E-state index in [9.17, 15) is 4.79 Å². The van der Waals surface area contributed by atoms with Crippen LogP contribution in [0.1, 0.15) is 25.1 Å². The molecule has 114 valence electrons. The Morgan fingerprint density at radius 1 is 1.55 bits per heavy atom. The number of hydrogen-bond donors (Lipinski definition) is 3. The van der Waals surface area contributed by atoms with Crippen molar-refractivity contribution in [3.63, 3.8) is 0 Å². The summed E-state index contributed by atoms with van der Waals surface area (Å²) in [6, 6.07) is 3.96. The first-order valence-corrected chi connectivity index (χ1v) is 8.95. The number of carbonyl (C=O) groups excluding carboxylic acids is 1. The zero-order chi connectivity index (χ0) is 15.0. The van der Waals surface area contributed by atoms with Gasteiger partial charge in [-0.15, -0.1) is 11.3 Å². The molecular weight excluding hydrogens is 292 g/mol. The van der Waals surface area contributed by atoms with Crippen molar-refractivity contribution >= 4 is 29.1 Å². The Labute approximate surface area is 129 Å². The summed E-state index contributed by atoms with van der Waals surface area (Å²) in [5.74, 6) is 0.808. The van der Waals surface area contributed by atoms with E-state index >= 15 is 0 Å². The number of amides is 2. The van der Waals surface area contributed by atoms with Crippen molar-refractivity contribution in [1.29, 1.82) is 0 Å². The maximum atomic E-state index is 11.9. The molecule has 0 bridgehead atoms. The van der Waals surface area contributed by atoms with Gasteiger partial charge in [-0.25, -0.2) is 4.79 Å². The molecule has 6 heteroatoms. The summed E-state index contributed by atoms with van der Waals surface area (Å²) in [4.78, 5) is 13.2. The lowest BCUT2D eigenvalue weighted by Gasteiger charge is -2.25. The number of rotatable bonds is 8. The third-order valence-electron chi connectivity index (χ3n) is 3.06. The first kappa shape index (κ1) is 17.3. The topological polar surface area (TPSA) is 61.4 Å². The Bertz CT molecular complexity index is 388. The van der Waals surface area contributed by atoms with Crippen LogP contribution >= 0.6 is 23.1 Å². The summed E-state index contributed by atoms with van der Waals surface area (Å²) in [5, 5.41) is 16.9. The zero-order valence-corrected chi connectivity index (χ0v) is 13.9. The highest BCUT2D eigenvalue weighted by molar-refractivity contribution is 7.98. The number of thioether (sulfide) groups is 1. The van der Waals surface area contributed by atoms with Gasteiger partial charge in [-0.05, 0) is 24.1 Å². The van der Waals surface area contributed by atoms with Gasteiger partial charge in [0.05, 0.1) is 0 Å². The van der Waals surface area contributed by atoms with Gasteiger partial charge >= 0.3 is 6.03 Å². The van der Waals surface area contributed by atoms with Gasteiger partial charge in [0.15, 0.2) is 0 Å². The number of thiophene rings is 1. The molecule has 0 aromatic carbocycles. The van der Waals surface area contributed by atoms with Crippen LogP contribution in [0.25, 0.3) is 0 Å². The summed E-state index contributed by atoms with van der Waals surface area (Å²) in [6.45, 7) is 4.91. The first-order valence-electron chi connectivity index (χ1n) is 6.67. The standard InChI is InChI=1S/C14H24N2O2S2/c1-14(2,12-5-4-8-20-12)10-15-13(18)16-11(6-7-17)9-19-3/h4-5,8,11,17H,6-7,9-10H2,1-3H3,(H2,15,16,18). The molecule has 1 heterocycles. The van der Waals surface area contributed by atoms with E-state index in [1.807, 2.05) is 17.7 Å². The van der Waals surface area contributed by atoms with Crippen molar-refractivity contribution in [3.8, 4) is 0 Å². The third kappa shape index (κ3) is 5.73. The second-order valence-electron chi connectivity index (χ2n) is 5.35. The molecule has 0 saturated carbocycles. The Balaban J connectivity index is 2.42. The van der Waals surface area contributed by atoms with Crippen LogP contribution in [0.5, 0.6) is 0 Å². The predicted molar refractivity (Wildman–Crippen MR) is 87.8 cm³/mol. The molecule has 20 heavy (non-hydrogen) atoms. The zero-order valence-electron chi connectivity index (χ0n) is 12.3. The Kier molecular flexibility index (Phi) is 7.40. The van der Waals surface area contributed by atoms with Gasteiger partial charge < -0.3 is 15.7 Å². The highest BCUT2D eigenvalue weighted by Crippen LogP contribution is 2.26. The lowest BCUT2D eigenvalue weighted by atomic mass is 9.91. The Morgan fingerprint density at radius 2 is 2.30 bits per heavy atom. The van der Waals surface area contributed by atoms with Gasteiger partial charge in [-0.3, -0.25) is 0 Å². The molecule has 3 N–H and O–H groups in total. The number of nitrogens with one attached hydrogen (secondary N) is 2. The summed E-state index contributed by atoms with van der Waals surface area (Å²) in [7, 11) is 0. The summed E-state index contributed by atoms with van der Waals surface area (Å²) in [5.41, 5.74) is -0.0719. The van der Waals surface area contributed by atoms with E-state index in [1.165, 1.54) is 4.88 Å². The Hall–Kier alpha value is -0.720. The van der Waals surface area contributed by atoms with Crippen molar-refractivity contribution in [3.05, 3.63) is 22.4 Å². The molecular formula is C14H24N2O2S2. The minimum atomic E-state index is -0.165. The Morgan fingerprint density at radius 3 is 2.85 bits per heavy atom. The number of carbonyl (C=O) groups is 1. The van der Waals surface area contributed by atoms with Gasteiger partial charge in [0.25, 0.3) is 0 Å². The molecule has 1 aromatic heterocycles. The van der Waals surface area contributed by atoms with Crippen LogP contribution in [0.15, 0.2) is 17.5 Å². The van der Waals surface area contributed by atoms with Crippen LogP contribution in [-0.2, 0) is 5.41 Å². The molecule has 0 aliphatic carbocycles. The van der Waals surface area contributed by atoms with Crippen LogP contribution in [0.2, 0.25) is 0 Å². The molecule has 0 radical (unpaired) electrons. The van der Waals surface area contributed by atoms with E-state index in [4.69, 9.17) is 5.11 Å².